The van der Waals surface area contributed by atoms with Crippen molar-refractivity contribution in [2.45, 2.75) is 25.8 Å². The van der Waals surface area contributed by atoms with Crippen LogP contribution in [0.4, 0.5) is 17.1 Å². The third-order valence-electron chi connectivity index (χ3n) is 4.30. The van der Waals surface area contributed by atoms with E-state index in [9.17, 15) is 10.1 Å². The van der Waals surface area contributed by atoms with E-state index in [0.717, 1.165) is 37.3 Å². The summed E-state index contributed by atoms with van der Waals surface area (Å²) in [6.45, 7) is 3.74. The Bertz CT molecular complexity index is 694. The summed E-state index contributed by atoms with van der Waals surface area (Å²) in [5, 5.41) is 14.7. The fourth-order valence-electron chi connectivity index (χ4n) is 3.12. The molecule has 1 saturated heterocycles. The van der Waals surface area contributed by atoms with Crippen molar-refractivity contribution in [1.29, 1.82) is 0 Å². The number of para-hydroxylation sites is 2. The molecule has 5 heteroatoms. The van der Waals surface area contributed by atoms with Crippen LogP contribution < -0.4 is 10.2 Å². The first-order valence-corrected chi connectivity index (χ1v) is 7.95. The average molecular weight is 311 g/mol. The summed E-state index contributed by atoms with van der Waals surface area (Å²) in [4.78, 5) is 13.0. The minimum Gasteiger partial charge on any atom is -0.382 e. The molecule has 0 spiro atoms. The van der Waals surface area contributed by atoms with Crippen LogP contribution >= 0.6 is 0 Å². The van der Waals surface area contributed by atoms with Crippen LogP contribution in [-0.2, 0) is 0 Å². The Labute approximate surface area is 136 Å². The monoisotopic (exact) mass is 311 g/mol. The van der Waals surface area contributed by atoms with Crippen LogP contribution in [0.1, 0.15) is 18.4 Å². The molecule has 5 nitrogen and oxygen atoms in total. The van der Waals surface area contributed by atoms with Gasteiger partial charge in [-0.15, -0.1) is 0 Å². The predicted molar refractivity (Wildman–Crippen MR) is 93.1 cm³/mol. The van der Waals surface area contributed by atoms with Gasteiger partial charge in [-0.2, -0.15) is 0 Å². The summed E-state index contributed by atoms with van der Waals surface area (Å²) in [6, 6.07) is 15.8. The van der Waals surface area contributed by atoms with E-state index in [1.807, 2.05) is 12.1 Å². The molecule has 3 rings (SSSR count). The Morgan fingerprint density at radius 3 is 2.57 bits per heavy atom. The average Bonchev–Trinajstić information content (AvgIpc) is 2.55. The van der Waals surface area contributed by atoms with Crippen molar-refractivity contribution in [3.8, 4) is 0 Å². The number of nitrogens with zero attached hydrogens (tertiary/aromatic N) is 2. The van der Waals surface area contributed by atoms with Crippen molar-refractivity contribution < 1.29 is 4.92 Å². The second-order valence-electron chi connectivity index (χ2n) is 6.02. The molecule has 2 aromatic rings. The Morgan fingerprint density at radius 1 is 1.13 bits per heavy atom. The molecule has 0 unspecified atom stereocenters. The lowest BCUT2D eigenvalue weighted by Crippen LogP contribution is -2.39. The standard InChI is InChI=1S/C18H21N3O2/c1-14-5-4-6-16(13-14)19-15-9-11-20(12-10-15)17-7-2-3-8-18(17)21(22)23/h2-8,13,15,19H,9-12H2,1H3. The van der Waals surface area contributed by atoms with Crippen molar-refractivity contribution >= 4 is 17.1 Å². The van der Waals surface area contributed by atoms with Crippen molar-refractivity contribution in [1.82, 2.24) is 0 Å². The largest absolute Gasteiger partial charge is 0.382 e. The SMILES string of the molecule is Cc1cccc(NC2CCN(c3ccccc3[N+](=O)[O-])CC2)c1. The van der Waals surface area contributed by atoms with Gasteiger partial charge in [0.25, 0.3) is 5.69 Å². The van der Waals surface area contributed by atoms with Gasteiger partial charge in [-0.1, -0.05) is 24.3 Å². The third-order valence-corrected chi connectivity index (χ3v) is 4.30. The number of hydrogen-bond donors (Lipinski definition) is 1. The smallest absolute Gasteiger partial charge is 0.292 e. The van der Waals surface area contributed by atoms with Gasteiger partial charge in [-0.25, -0.2) is 0 Å². The van der Waals surface area contributed by atoms with Gasteiger partial charge in [0.05, 0.1) is 4.92 Å². The number of nitro groups is 1. The zero-order valence-corrected chi connectivity index (χ0v) is 13.2. The highest BCUT2D eigenvalue weighted by atomic mass is 16.6. The van der Waals surface area contributed by atoms with E-state index in [0.29, 0.717) is 6.04 Å². The van der Waals surface area contributed by atoms with Crippen molar-refractivity contribution in [2.75, 3.05) is 23.3 Å². The Balaban J connectivity index is 1.64. The van der Waals surface area contributed by atoms with Gasteiger partial charge in [0.2, 0.25) is 0 Å². The molecule has 1 heterocycles. The number of benzene rings is 2. The first kappa shape index (κ1) is 15.3. The first-order chi connectivity index (χ1) is 11.1. The van der Waals surface area contributed by atoms with Crippen LogP contribution in [0.15, 0.2) is 48.5 Å². The molecule has 1 aliphatic heterocycles. The summed E-state index contributed by atoms with van der Waals surface area (Å²) >= 11 is 0. The second-order valence-corrected chi connectivity index (χ2v) is 6.02. The number of piperidine rings is 1. The van der Waals surface area contributed by atoms with Gasteiger partial charge in [0.15, 0.2) is 0 Å². The van der Waals surface area contributed by atoms with Crippen LogP contribution in [-0.4, -0.2) is 24.1 Å². The fraction of sp³-hybridized carbons (Fsp3) is 0.333. The Kier molecular flexibility index (Phi) is 4.46. The van der Waals surface area contributed by atoms with Gasteiger partial charge >= 0.3 is 0 Å². The molecule has 0 radical (unpaired) electrons. The Hall–Kier alpha value is -2.56. The topological polar surface area (TPSA) is 58.4 Å². The first-order valence-electron chi connectivity index (χ1n) is 7.95. The normalized spacial score (nSPS) is 15.4. The highest BCUT2D eigenvalue weighted by Gasteiger charge is 2.24. The second kappa shape index (κ2) is 6.69. The maximum atomic E-state index is 11.2. The molecule has 1 aliphatic rings. The van der Waals surface area contributed by atoms with Crippen molar-refractivity contribution in [3.63, 3.8) is 0 Å². The van der Waals surface area contributed by atoms with Gasteiger partial charge < -0.3 is 10.2 Å². The molecule has 1 N–H and O–H groups in total. The van der Waals surface area contributed by atoms with E-state index in [1.54, 1.807) is 12.1 Å². The van der Waals surface area contributed by atoms with Crippen LogP contribution in [0.3, 0.4) is 0 Å². The molecule has 0 amide bonds. The lowest BCUT2D eigenvalue weighted by molar-refractivity contribution is -0.384. The summed E-state index contributed by atoms with van der Waals surface area (Å²) in [6.07, 6.45) is 1.94. The summed E-state index contributed by atoms with van der Waals surface area (Å²) in [5.74, 6) is 0. The fourth-order valence-corrected chi connectivity index (χ4v) is 3.12. The molecule has 120 valence electrons. The number of nitrogens with one attached hydrogen (secondary N) is 1. The van der Waals surface area contributed by atoms with Crippen molar-refractivity contribution in [2.24, 2.45) is 0 Å². The number of nitro benzene ring substituents is 1. The van der Waals surface area contributed by atoms with E-state index < -0.39 is 0 Å². The van der Waals surface area contributed by atoms with Gasteiger partial charge in [0.1, 0.15) is 5.69 Å². The predicted octanol–water partition coefficient (Wildman–Crippen LogP) is 3.98. The van der Waals surface area contributed by atoms with Gasteiger partial charge in [0, 0.05) is 30.9 Å². The molecule has 0 bridgehead atoms. The van der Waals surface area contributed by atoms with Gasteiger partial charge in [-0.3, -0.25) is 10.1 Å². The van der Waals surface area contributed by atoms with Crippen LogP contribution in [0.25, 0.3) is 0 Å². The molecule has 2 aromatic carbocycles. The summed E-state index contributed by atoms with van der Waals surface area (Å²) in [5.41, 5.74) is 3.31. The number of aryl methyl sites for hydroxylation is 1. The molecule has 0 aromatic heterocycles. The van der Waals surface area contributed by atoms with E-state index in [-0.39, 0.29) is 10.6 Å². The molecular formula is C18H21N3O2. The summed E-state index contributed by atoms with van der Waals surface area (Å²) < 4.78 is 0. The number of hydrogen-bond acceptors (Lipinski definition) is 4. The van der Waals surface area contributed by atoms with Crippen LogP contribution in [0.5, 0.6) is 0 Å². The van der Waals surface area contributed by atoms with E-state index in [2.05, 4.69) is 41.4 Å². The van der Waals surface area contributed by atoms with Crippen LogP contribution in [0.2, 0.25) is 0 Å². The van der Waals surface area contributed by atoms with E-state index >= 15 is 0 Å². The highest BCUT2D eigenvalue weighted by molar-refractivity contribution is 5.63. The molecule has 1 fully saturated rings. The lowest BCUT2D eigenvalue weighted by atomic mass is 10.0. The Morgan fingerprint density at radius 2 is 1.87 bits per heavy atom. The number of anilines is 2. The molecule has 0 aliphatic carbocycles. The highest BCUT2D eigenvalue weighted by Crippen LogP contribution is 2.30. The third kappa shape index (κ3) is 3.62. The van der Waals surface area contributed by atoms with E-state index in [4.69, 9.17) is 0 Å². The molecule has 0 atom stereocenters. The zero-order chi connectivity index (χ0) is 16.2. The molecule has 0 saturated carbocycles. The number of rotatable bonds is 4. The molecular weight excluding hydrogens is 290 g/mol. The maximum absolute atomic E-state index is 11.2. The minimum absolute atomic E-state index is 0.192. The maximum Gasteiger partial charge on any atom is 0.292 e. The quantitative estimate of drug-likeness (QED) is 0.685. The van der Waals surface area contributed by atoms with E-state index in [1.165, 1.54) is 5.56 Å². The van der Waals surface area contributed by atoms with Crippen LogP contribution in [0, 0.1) is 17.0 Å². The lowest BCUT2D eigenvalue weighted by Gasteiger charge is -2.34. The van der Waals surface area contributed by atoms with Gasteiger partial charge in [-0.05, 0) is 43.5 Å². The molecule has 23 heavy (non-hydrogen) atoms. The summed E-state index contributed by atoms with van der Waals surface area (Å²) in [7, 11) is 0. The zero-order valence-electron chi connectivity index (χ0n) is 13.2. The van der Waals surface area contributed by atoms with Crippen molar-refractivity contribution in [3.05, 3.63) is 64.2 Å². The minimum atomic E-state index is -0.299.